The number of aliphatic hydroxyl groups is 1. The lowest BCUT2D eigenvalue weighted by Gasteiger charge is -2.23. The molecule has 0 saturated heterocycles. The van der Waals surface area contributed by atoms with Crippen LogP contribution >= 0.6 is 0 Å². The van der Waals surface area contributed by atoms with Crippen LogP contribution in [0.4, 0.5) is 5.69 Å². The van der Waals surface area contributed by atoms with E-state index in [2.05, 4.69) is 10.6 Å². The fourth-order valence-electron chi connectivity index (χ4n) is 2.19. The maximum absolute atomic E-state index is 12.2. The van der Waals surface area contributed by atoms with Crippen molar-refractivity contribution in [1.82, 2.24) is 5.32 Å². The highest BCUT2D eigenvalue weighted by atomic mass is 16.3. The molecule has 6 heteroatoms. The number of aromatic hydroxyl groups is 2. The fraction of sp³-hybridized carbons (Fsp3) is 0.316. The van der Waals surface area contributed by atoms with Gasteiger partial charge in [0, 0.05) is 17.6 Å². The number of phenols is 2. The average molecular weight is 344 g/mol. The predicted molar refractivity (Wildman–Crippen MR) is 96.9 cm³/mol. The quantitative estimate of drug-likeness (QED) is 0.537. The van der Waals surface area contributed by atoms with Crippen LogP contribution in [-0.2, 0) is 0 Å². The topological polar surface area (TPSA) is 102 Å². The molecule has 0 aliphatic carbocycles. The molecule has 0 bridgehead atoms. The number of carbonyl (C=O) groups is 1. The Morgan fingerprint density at radius 3 is 2.32 bits per heavy atom. The van der Waals surface area contributed by atoms with Crippen LogP contribution in [-0.4, -0.2) is 33.3 Å². The van der Waals surface area contributed by atoms with E-state index >= 15 is 0 Å². The van der Waals surface area contributed by atoms with Crippen LogP contribution < -0.4 is 10.6 Å². The van der Waals surface area contributed by atoms with E-state index < -0.39 is 12.0 Å². The molecule has 2 aromatic carbocycles. The van der Waals surface area contributed by atoms with Crippen LogP contribution in [0.3, 0.4) is 0 Å². The van der Waals surface area contributed by atoms with Crippen LogP contribution in [0.1, 0.15) is 42.8 Å². The van der Waals surface area contributed by atoms with E-state index in [1.807, 2.05) is 20.8 Å². The third-order valence-electron chi connectivity index (χ3n) is 3.61. The van der Waals surface area contributed by atoms with Gasteiger partial charge in [-0.15, -0.1) is 0 Å². The van der Waals surface area contributed by atoms with E-state index in [0.29, 0.717) is 17.7 Å². The summed E-state index contributed by atoms with van der Waals surface area (Å²) >= 11 is 0. The fourth-order valence-corrected chi connectivity index (χ4v) is 2.19. The molecule has 0 radical (unpaired) electrons. The molecule has 0 saturated carbocycles. The molecule has 134 valence electrons. The van der Waals surface area contributed by atoms with Gasteiger partial charge >= 0.3 is 0 Å². The van der Waals surface area contributed by atoms with Crippen molar-refractivity contribution in [3.63, 3.8) is 0 Å². The Labute approximate surface area is 147 Å². The van der Waals surface area contributed by atoms with Crippen molar-refractivity contribution in [2.45, 2.75) is 32.4 Å². The molecular formula is C19H24N2O4. The van der Waals surface area contributed by atoms with Gasteiger partial charge in [0.1, 0.15) is 11.5 Å². The van der Waals surface area contributed by atoms with Crippen molar-refractivity contribution in [3.8, 4) is 11.5 Å². The highest BCUT2D eigenvalue weighted by Gasteiger charge is 2.16. The number of β-amino-alcohol motifs (C(OH)–C–C–N with tert-alkyl or cyclic N) is 1. The first-order valence-corrected chi connectivity index (χ1v) is 8.02. The molecule has 2 rings (SSSR count). The summed E-state index contributed by atoms with van der Waals surface area (Å²) in [4.78, 5) is 12.2. The minimum Gasteiger partial charge on any atom is -0.508 e. The van der Waals surface area contributed by atoms with Crippen LogP contribution in [0.2, 0.25) is 0 Å². The minimum absolute atomic E-state index is 0.0656. The molecule has 0 aliphatic heterocycles. The van der Waals surface area contributed by atoms with E-state index in [9.17, 15) is 20.1 Å². The van der Waals surface area contributed by atoms with Gasteiger partial charge in [-0.25, -0.2) is 0 Å². The summed E-state index contributed by atoms with van der Waals surface area (Å²) in [6.07, 6.45) is -0.774. The van der Waals surface area contributed by atoms with E-state index in [0.717, 1.165) is 0 Å². The zero-order chi connectivity index (χ0) is 18.6. The smallest absolute Gasteiger partial charge is 0.255 e. The highest BCUT2D eigenvalue weighted by molar-refractivity contribution is 6.05. The van der Waals surface area contributed by atoms with Crippen molar-refractivity contribution in [2.24, 2.45) is 0 Å². The van der Waals surface area contributed by atoms with Crippen molar-refractivity contribution in [3.05, 3.63) is 53.6 Å². The highest BCUT2D eigenvalue weighted by Crippen LogP contribution is 2.28. The Kier molecular flexibility index (Phi) is 5.66. The van der Waals surface area contributed by atoms with Gasteiger partial charge in [-0.05, 0) is 62.7 Å². The van der Waals surface area contributed by atoms with Gasteiger partial charge in [0.05, 0.1) is 11.8 Å². The number of nitrogens with one attached hydrogen (secondary N) is 2. The molecule has 5 N–H and O–H groups in total. The van der Waals surface area contributed by atoms with Gasteiger partial charge in [-0.2, -0.15) is 0 Å². The van der Waals surface area contributed by atoms with E-state index in [-0.39, 0.29) is 22.7 Å². The summed E-state index contributed by atoms with van der Waals surface area (Å²) < 4.78 is 0. The lowest BCUT2D eigenvalue weighted by molar-refractivity contribution is 0.102. The molecule has 2 aromatic rings. The van der Waals surface area contributed by atoms with E-state index in [1.165, 1.54) is 30.3 Å². The summed E-state index contributed by atoms with van der Waals surface area (Å²) in [5.74, 6) is -0.447. The van der Waals surface area contributed by atoms with Crippen LogP contribution in [0, 0.1) is 0 Å². The molecule has 25 heavy (non-hydrogen) atoms. The second-order valence-corrected chi connectivity index (χ2v) is 6.92. The molecular weight excluding hydrogens is 320 g/mol. The summed E-state index contributed by atoms with van der Waals surface area (Å²) in [7, 11) is 0. The summed E-state index contributed by atoms with van der Waals surface area (Å²) in [6.45, 7) is 6.35. The summed E-state index contributed by atoms with van der Waals surface area (Å²) in [5, 5.41) is 35.3. The number of phenolic OH excluding ortho intramolecular Hbond substituents is 2. The van der Waals surface area contributed by atoms with Gasteiger partial charge in [-0.3, -0.25) is 4.79 Å². The molecule has 1 atom stereocenters. The van der Waals surface area contributed by atoms with Crippen molar-refractivity contribution < 1.29 is 20.1 Å². The average Bonchev–Trinajstić information content (AvgIpc) is 2.54. The number of hydrogen-bond donors (Lipinski definition) is 5. The minimum atomic E-state index is -0.774. The van der Waals surface area contributed by atoms with E-state index in [1.54, 1.807) is 12.1 Å². The zero-order valence-electron chi connectivity index (χ0n) is 14.6. The first kappa shape index (κ1) is 18.8. The Morgan fingerprint density at radius 1 is 1.08 bits per heavy atom. The second kappa shape index (κ2) is 7.55. The third kappa shape index (κ3) is 5.48. The Morgan fingerprint density at radius 2 is 1.72 bits per heavy atom. The normalized spacial score (nSPS) is 12.6. The molecule has 0 fully saturated rings. The van der Waals surface area contributed by atoms with Gasteiger partial charge in [0.25, 0.3) is 5.91 Å². The van der Waals surface area contributed by atoms with E-state index in [4.69, 9.17) is 0 Å². The predicted octanol–water partition coefficient (Wildman–Crippen LogP) is 2.77. The summed E-state index contributed by atoms with van der Waals surface area (Å²) in [5.41, 5.74) is 1.01. The number of carbonyl (C=O) groups excluding carboxylic acids is 1. The largest absolute Gasteiger partial charge is 0.508 e. The van der Waals surface area contributed by atoms with Gasteiger partial charge in [-0.1, -0.05) is 6.07 Å². The van der Waals surface area contributed by atoms with Crippen LogP contribution in [0.25, 0.3) is 0 Å². The molecule has 0 aromatic heterocycles. The number of amides is 1. The Balaban J connectivity index is 2.13. The standard InChI is InChI=1S/C19H24N2O4/c1-19(2,3)20-11-17(24)13-6-9-16(23)15(10-13)21-18(25)12-4-7-14(22)8-5-12/h4-10,17,20,22-24H,11H2,1-3H3,(H,21,25). The molecule has 0 aliphatic rings. The van der Waals surface area contributed by atoms with Gasteiger partial charge in [0.15, 0.2) is 0 Å². The first-order valence-electron chi connectivity index (χ1n) is 8.02. The van der Waals surface area contributed by atoms with Crippen molar-refractivity contribution in [2.75, 3.05) is 11.9 Å². The Hall–Kier alpha value is -2.57. The van der Waals surface area contributed by atoms with Crippen molar-refractivity contribution >= 4 is 11.6 Å². The summed E-state index contributed by atoms with van der Waals surface area (Å²) in [6, 6.07) is 10.4. The van der Waals surface area contributed by atoms with Crippen molar-refractivity contribution in [1.29, 1.82) is 0 Å². The van der Waals surface area contributed by atoms with Gasteiger partial charge in [0.2, 0.25) is 0 Å². The maximum atomic E-state index is 12.2. The molecule has 6 nitrogen and oxygen atoms in total. The first-order chi connectivity index (χ1) is 11.7. The van der Waals surface area contributed by atoms with Crippen LogP contribution in [0.15, 0.2) is 42.5 Å². The third-order valence-corrected chi connectivity index (χ3v) is 3.61. The van der Waals surface area contributed by atoms with Crippen LogP contribution in [0.5, 0.6) is 11.5 Å². The number of benzene rings is 2. The molecule has 1 unspecified atom stereocenters. The number of anilines is 1. The monoisotopic (exact) mass is 344 g/mol. The number of aliphatic hydroxyl groups excluding tert-OH is 1. The SMILES string of the molecule is CC(C)(C)NCC(O)c1ccc(O)c(NC(=O)c2ccc(O)cc2)c1. The van der Waals surface area contributed by atoms with Gasteiger partial charge < -0.3 is 26.0 Å². The lowest BCUT2D eigenvalue weighted by atomic mass is 10.0. The number of rotatable bonds is 5. The Bertz CT molecular complexity index is 736. The number of hydrogen-bond acceptors (Lipinski definition) is 5. The lowest BCUT2D eigenvalue weighted by Crippen LogP contribution is -2.38. The maximum Gasteiger partial charge on any atom is 0.255 e. The second-order valence-electron chi connectivity index (χ2n) is 6.92. The molecule has 0 spiro atoms. The molecule has 0 heterocycles. The zero-order valence-corrected chi connectivity index (χ0v) is 14.6. The molecule has 1 amide bonds.